The molecule has 1 amide bonds. The third kappa shape index (κ3) is 4.99. The Bertz CT molecular complexity index is 701. The Balaban J connectivity index is 1.77. The van der Waals surface area contributed by atoms with Crippen LogP contribution >= 0.6 is 12.2 Å². The van der Waals surface area contributed by atoms with E-state index in [1.807, 2.05) is 38.1 Å². The average Bonchev–Trinajstić information content (AvgIpc) is 3.08. The maximum absolute atomic E-state index is 12.1. The molecule has 0 aliphatic carbocycles. The monoisotopic (exact) mass is 347 g/mol. The standard InChI is InChI=1S/C17H21N3O3S/c1-11-6-4-8-15(12(11)2)23-13(3)16(21)19-20-17(24)18-10-14-7-5-9-22-14/h4-9,13H,10H2,1-3H3,(H,19,21)(H2,18,20,24)/t13-/m0/s1. The van der Waals surface area contributed by atoms with Crippen molar-refractivity contribution in [1.29, 1.82) is 0 Å². The summed E-state index contributed by atoms with van der Waals surface area (Å²) >= 11 is 5.08. The zero-order valence-corrected chi connectivity index (χ0v) is 14.7. The van der Waals surface area contributed by atoms with Crippen LogP contribution in [0.25, 0.3) is 0 Å². The normalized spacial score (nSPS) is 11.5. The van der Waals surface area contributed by atoms with Crippen molar-refractivity contribution >= 4 is 23.2 Å². The summed E-state index contributed by atoms with van der Waals surface area (Å²) in [5.41, 5.74) is 7.28. The van der Waals surface area contributed by atoms with E-state index in [9.17, 15) is 4.79 Å². The summed E-state index contributed by atoms with van der Waals surface area (Å²) in [7, 11) is 0. The molecule has 0 unspecified atom stereocenters. The summed E-state index contributed by atoms with van der Waals surface area (Å²) in [6.07, 6.45) is 0.924. The number of amides is 1. The molecule has 1 atom stereocenters. The number of nitrogens with one attached hydrogen (secondary N) is 3. The van der Waals surface area contributed by atoms with Crippen LogP contribution in [0.1, 0.15) is 23.8 Å². The highest BCUT2D eigenvalue weighted by atomic mass is 32.1. The second kappa shape index (κ2) is 8.35. The number of benzene rings is 1. The lowest BCUT2D eigenvalue weighted by Gasteiger charge is -2.18. The lowest BCUT2D eigenvalue weighted by Crippen LogP contribution is -2.50. The number of rotatable bonds is 5. The van der Waals surface area contributed by atoms with E-state index < -0.39 is 6.10 Å². The Morgan fingerprint density at radius 1 is 1.25 bits per heavy atom. The molecule has 0 radical (unpaired) electrons. The molecule has 1 heterocycles. The van der Waals surface area contributed by atoms with Gasteiger partial charge in [-0.25, -0.2) is 0 Å². The van der Waals surface area contributed by atoms with Gasteiger partial charge in [-0.05, 0) is 62.3 Å². The van der Waals surface area contributed by atoms with E-state index in [0.717, 1.165) is 16.9 Å². The number of hydrogen-bond donors (Lipinski definition) is 3. The van der Waals surface area contributed by atoms with Gasteiger partial charge in [0.05, 0.1) is 12.8 Å². The molecular weight excluding hydrogens is 326 g/mol. The van der Waals surface area contributed by atoms with Gasteiger partial charge in [0.1, 0.15) is 11.5 Å². The van der Waals surface area contributed by atoms with Crippen molar-refractivity contribution in [2.75, 3.05) is 0 Å². The number of carbonyl (C=O) groups excluding carboxylic acids is 1. The summed E-state index contributed by atoms with van der Waals surface area (Å²) in [4.78, 5) is 12.1. The first kappa shape index (κ1) is 17.8. The van der Waals surface area contributed by atoms with E-state index in [1.54, 1.807) is 19.3 Å². The van der Waals surface area contributed by atoms with Crippen LogP contribution in [0.5, 0.6) is 5.75 Å². The number of furan rings is 1. The highest BCUT2D eigenvalue weighted by molar-refractivity contribution is 7.80. The van der Waals surface area contributed by atoms with Crippen molar-refractivity contribution in [2.45, 2.75) is 33.4 Å². The lowest BCUT2D eigenvalue weighted by molar-refractivity contribution is -0.127. The predicted octanol–water partition coefficient (Wildman–Crippen LogP) is 2.36. The van der Waals surface area contributed by atoms with Crippen molar-refractivity contribution in [3.05, 3.63) is 53.5 Å². The fourth-order valence-electron chi connectivity index (χ4n) is 1.94. The average molecular weight is 347 g/mol. The van der Waals surface area contributed by atoms with Crippen molar-refractivity contribution in [3.63, 3.8) is 0 Å². The maximum Gasteiger partial charge on any atom is 0.279 e. The summed E-state index contributed by atoms with van der Waals surface area (Å²) in [5, 5.41) is 3.21. The van der Waals surface area contributed by atoms with E-state index in [2.05, 4.69) is 16.2 Å². The second-order valence-corrected chi connectivity index (χ2v) is 5.74. The quantitative estimate of drug-likeness (QED) is 0.569. The molecule has 0 aliphatic rings. The topological polar surface area (TPSA) is 75.5 Å². The van der Waals surface area contributed by atoms with Gasteiger partial charge in [0, 0.05) is 0 Å². The van der Waals surface area contributed by atoms with Gasteiger partial charge in [-0.2, -0.15) is 0 Å². The van der Waals surface area contributed by atoms with Gasteiger partial charge in [-0.3, -0.25) is 15.6 Å². The summed E-state index contributed by atoms with van der Waals surface area (Å²) in [6, 6.07) is 9.36. The van der Waals surface area contributed by atoms with Gasteiger partial charge in [-0.1, -0.05) is 12.1 Å². The molecule has 0 bridgehead atoms. The van der Waals surface area contributed by atoms with Crippen LogP contribution in [-0.4, -0.2) is 17.1 Å². The van der Waals surface area contributed by atoms with Crippen LogP contribution in [0.2, 0.25) is 0 Å². The third-order valence-electron chi connectivity index (χ3n) is 3.53. The molecule has 0 fully saturated rings. The second-order valence-electron chi connectivity index (χ2n) is 5.33. The minimum atomic E-state index is -0.661. The van der Waals surface area contributed by atoms with Gasteiger partial charge in [-0.15, -0.1) is 0 Å². The Hall–Kier alpha value is -2.54. The number of hydrogen-bond acceptors (Lipinski definition) is 4. The van der Waals surface area contributed by atoms with Gasteiger partial charge in [0.2, 0.25) is 0 Å². The summed E-state index contributed by atoms with van der Waals surface area (Å²) in [5.74, 6) is 1.12. The van der Waals surface area contributed by atoms with Crippen molar-refractivity contribution < 1.29 is 13.9 Å². The molecule has 2 aromatic rings. The van der Waals surface area contributed by atoms with E-state index in [-0.39, 0.29) is 5.91 Å². The minimum absolute atomic E-state index is 0.290. The molecular formula is C17H21N3O3S. The molecule has 2 rings (SSSR count). The third-order valence-corrected chi connectivity index (χ3v) is 3.78. The minimum Gasteiger partial charge on any atom is -0.481 e. The molecule has 0 saturated carbocycles. The molecule has 0 aliphatic heterocycles. The van der Waals surface area contributed by atoms with Crippen molar-refractivity contribution in [3.8, 4) is 5.75 Å². The number of carbonyl (C=O) groups is 1. The first-order valence-corrected chi connectivity index (χ1v) is 7.97. The smallest absolute Gasteiger partial charge is 0.279 e. The molecule has 3 N–H and O–H groups in total. The fraction of sp³-hybridized carbons (Fsp3) is 0.294. The summed E-state index contributed by atoms with van der Waals surface area (Å²) in [6.45, 7) is 6.07. The van der Waals surface area contributed by atoms with Crippen LogP contribution < -0.4 is 20.9 Å². The maximum atomic E-state index is 12.1. The van der Waals surface area contributed by atoms with E-state index in [0.29, 0.717) is 17.4 Å². The van der Waals surface area contributed by atoms with E-state index in [4.69, 9.17) is 21.4 Å². The lowest BCUT2D eigenvalue weighted by atomic mass is 10.1. The Morgan fingerprint density at radius 3 is 2.75 bits per heavy atom. The molecule has 7 heteroatoms. The molecule has 1 aromatic carbocycles. The molecule has 0 saturated heterocycles. The van der Waals surface area contributed by atoms with Crippen LogP contribution in [-0.2, 0) is 11.3 Å². The number of hydrazine groups is 1. The Kier molecular flexibility index (Phi) is 6.20. The molecule has 128 valence electrons. The van der Waals surface area contributed by atoms with Gasteiger partial charge < -0.3 is 14.5 Å². The van der Waals surface area contributed by atoms with Gasteiger partial charge in [0.25, 0.3) is 5.91 Å². The fourth-order valence-corrected chi connectivity index (χ4v) is 2.06. The largest absolute Gasteiger partial charge is 0.481 e. The zero-order chi connectivity index (χ0) is 17.5. The Morgan fingerprint density at radius 2 is 2.04 bits per heavy atom. The van der Waals surface area contributed by atoms with E-state index in [1.165, 1.54) is 0 Å². The molecule has 6 nitrogen and oxygen atoms in total. The molecule has 0 spiro atoms. The SMILES string of the molecule is Cc1cccc(O[C@@H](C)C(=O)NNC(=S)NCc2ccco2)c1C. The Labute approximate surface area is 146 Å². The zero-order valence-electron chi connectivity index (χ0n) is 13.9. The summed E-state index contributed by atoms with van der Waals surface area (Å²) < 4.78 is 10.9. The molecule has 1 aromatic heterocycles. The van der Waals surface area contributed by atoms with Gasteiger partial charge in [0.15, 0.2) is 11.2 Å². The number of aryl methyl sites for hydroxylation is 1. The van der Waals surface area contributed by atoms with Crippen molar-refractivity contribution in [1.82, 2.24) is 16.2 Å². The number of thiocarbonyl (C=S) groups is 1. The van der Waals surface area contributed by atoms with E-state index >= 15 is 0 Å². The highest BCUT2D eigenvalue weighted by Gasteiger charge is 2.16. The van der Waals surface area contributed by atoms with Crippen LogP contribution in [0.3, 0.4) is 0 Å². The van der Waals surface area contributed by atoms with Crippen LogP contribution in [0, 0.1) is 13.8 Å². The first-order chi connectivity index (χ1) is 11.5. The van der Waals surface area contributed by atoms with Crippen molar-refractivity contribution in [2.24, 2.45) is 0 Å². The number of ether oxygens (including phenoxy) is 1. The molecule has 24 heavy (non-hydrogen) atoms. The van der Waals surface area contributed by atoms with Crippen LogP contribution in [0.15, 0.2) is 41.0 Å². The van der Waals surface area contributed by atoms with Gasteiger partial charge >= 0.3 is 0 Å². The first-order valence-electron chi connectivity index (χ1n) is 7.56. The highest BCUT2D eigenvalue weighted by Crippen LogP contribution is 2.21. The van der Waals surface area contributed by atoms with Crippen LogP contribution in [0.4, 0.5) is 0 Å². The predicted molar refractivity (Wildman–Crippen MR) is 95.4 cm³/mol.